The SMILES string of the molecule is CCCCCCCCCCCC[n+]1cc[nH]c1CC. The molecule has 1 N–H and O–H groups in total. The Morgan fingerprint density at radius 1 is 0.842 bits per heavy atom. The second kappa shape index (κ2) is 11.1. The van der Waals surface area contributed by atoms with Gasteiger partial charge in [-0.15, -0.1) is 0 Å². The zero-order chi connectivity index (χ0) is 13.8. The molecule has 0 atom stereocenters. The molecule has 0 aliphatic carbocycles. The molecule has 0 aliphatic heterocycles. The maximum absolute atomic E-state index is 3.30. The number of aryl methyl sites for hydroxylation is 2. The molecule has 2 nitrogen and oxygen atoms in total. The van der Waals surface area contributed by atoms with E-state index in [1.165, 1.54) is 76.6 Å². The molecule has 0 saturated carbocycles. The van der Waals surface area contributed by atoms with E-state index in [1.807, 2.05) is 0 Å². The van der Waals surface area contributed by atoms with Gasteiger partial charge in [-0.2, -0.15) is 0 Å². The highest BCUT2D eigenvalue weighted by Crippen LogP contribution is 2.10. The van der Waals surface area contributed by atoms with Crippen LogP contribution in [0.5, 0.6) is 0 Å². The van der Waals surface area contributed by atoms with E-state index in [9.17, 15) is 0 Å². The highest BCUT2D eigenvalue weighted by molar-refractivity contribution is 4.75. The number of unbranched alkanes of at least 4 members (excludes halogenated alkanes) is 9. The lowest BCUT2D eigenvalue weighted by Crippen LogP contribution is -2.35. The van der Waals surface area contributed by atoms with Crippen LogP contribution in [0.25, 0.3) is 0 Å². The van der Waals surface area contributed by atoms with Crippen molar-refractivity contribution in [3.05, 3.63) is 18.2 Å². The number of hydrogen-bond acceptors (Lipinski definition) is 0. The van der Waals surface area contributed by atoms with Gasteiger partial charge in [0.2, 0.25) is 0 Å². The predicted molar refractivity (Wildman–Crippen MR) is 82.2 cm³/mol. The molecule has 2 heteroatoms. The molecule has 19 heavy (non-hydrogen) atoms. The van der Waals surface area contributed by atoms with Gasteiger partial charge in [0, 0.05) is 6.42 Å². The van der Waals surface area contributed by atoms with Crippen LogP contribution in [-0.4, -0.2) is 4.98 Å². The van der Waals surface area contributed by atoms with E-state index in [0.29, 0.717) is 0 Å². The van der Waals surface area contributed by atoms with Crippen LogP contribution in [0.2, 0.25) is 0 Å². The Morgan fingerprint density at radius 3 is 2.00 bits per heavy atom. The largest absolute Gasteiger partial charge is 0.253 e. The van der Waals surface area contributed by atoms with E-state index in [-0.39, 0.29) is 0 Å². The number of nitrogens with zero attached hydrogens (tertiary/aromatic N) is 1. The summed E-state index contributed by atoms with van der Waals surface area (Å²) in [6.45, 7) is 5.68. The van der Waals surface area contributed by atoms with Gasteiger partial charge in [-0.25, -0.2) is 9.55 Å². The molecule has 0 fully saturated rings. The molecular formula is C17H33N2+. The molecule has 0 aromatic carbocycles. The number of imidazole rings is 1. The van der Waals surface area contributed by atoms with Crippen molar-refractivity contribution in [2.45, 2.75) is 91.0 Å². The first-order valence-corrected chi connectivity index (χ1v) is 8.44. The molecular weight excluding hydrogens is 232 g/mol. The first kappa shape index (κ1) is 16.3. The van der Waals surface area contributed by atoms with Crippen molar-refractivity contribution in [3.63, 3.8) is 0 Å². The number of nitrogens with one attached hydrogen (secondary N) is 1. The molecule has 0 spiro atoms. The van der Waals surface area contributed by atoms with E-state index in [2.05, 4.69) is 35.8 Å². The predicted octanol–water partition coefficient (Wildman–Crippen LogP) is 4.79. The molecule has 0 radical (unpaired) electrons. The molecule has 1 aromatic heterocycles. The quantitative estimate of drug-likeness (QED) is 0.414. The highest BCUT2D eigenvalue weighted by Gasteiger charge is 2.06. The highest BCUT2D eigenvalue weighted by atomic mass is 15.1. The normalized spacial score (nSPS) is 11.1. The maximum Gasteiger partial charge on any atom is 0.253 e. The number of H-pyrrole nitrogens is 1. The average Bonchev–Trinajstić information content (AvgIpc) is 2.88. The van der Waals surface area contributed by atoms with Crippen LogP contribution >= 0.6 is 0 Å². The standard InChI is InChI=1S/C17H32N2/c1-3-5-6-7-8-9-10-11-12-13-15-19-16-14-18-17(19)4-2/h14,16H,3-13,15H2,1-2H3/p+1. The van der Waals surface area contributed by atoms with Gasteiger partial charge in [0.25, 0.3) is 5.82 Å². The van der Waals surface area contributed by atoms with Gasteiger partial charge in [0.1, 0.15) is 12.4 Å². The summed E-state index contributed by atoms with van der Waals surface area (Å²) in [5.74, 6) is 1.36. The number of rotatable bonds is 12. The number of hydrogen-bond donors (Lipinski definition) is 1. The summed E-state index contributed by atoms with van der Waals surface area (Å²) in [5.41, 5.74) is 0. The van der Waals surface area contributed by atoms with Crippen molar-refractivity contribution in [1.82, 2.24) is 4.98 Å². The Morgan fingerprint density at radius 2 is 1.42 bits per heavy atom. The fourth-order valence-corrected chi connectivity index (χ4v) is 2.68. The van der Waals surface area contributed by atoms with Gasteiger partial charge in [0.05, 0.1) is 6.54 Å². The van der Waals surface area contributed by atoms with Gasteiger partial charge < -0.3 is 0 Å². The van der Waals surface area contributed by atoms with Crippen molar-refractivity contribution in [1.29, 1.82) is 0 Å². The summed E-state index contributed by atoms with van der Waals surface area (Å²) in [4.78, 5) is 3.30. The van der Waals surface area contributed by atoms with Gasteiger partial charge >= 0.3 is 0 Å². The van der Waals surface area contributed by atoms with Gasteiger partial charge in [-0.3, -0.25) is 0 Å². The van der Waals surface area contributed by atoms with Crippen molar-refractivity contribution in [3.8, 4) is 0 Å². The average molecular weight is 265 g/mol. The van der Waals surface area contributed by atoms with Crippen LogP contribution in [0.3, 0.4) is 0 Å². The van der Waals surface area contributed by atoms with Crippen molar-refractivity contribution < 1.29 is 4.57 Å². The zero-order valence-corrected chi connectivity index (χ0v) is 13.1. The Labute approximate surface area is 119 Å². The lowest BCUT2D eigenvalue weighted by atomic mass is 10.1. The molecule has 1 aromatic rings. The van der Waals surface area contributed by atoms with E-state index in [4.69, 9.17) is 0 Å². The summed E-state index contributed by atoms with van der Waals surface area (Å²) in [5, 5.41) is 0. The van der Waals surface area contributed by atoms with E-state index in [1.54, 1.807) is 0 Å². The lowest BCUT2D eigenvalue weighted by molar-refractivity contribution is -0.703. The van der Waals surface area contributed by atoms with Crippen LogP contribution in [0.15, 0.2) is 12.4 Å². The van der Waals surface area contributed by atoms with Crippen LogP contribution < -0.4 is 4.57 Å². The number of aromatic nitrogens is 2. The van der Waals surface area contributed by atoms with Crippen molar-refractivity contribution in [2.75, 3.05) is 0 Å². The first-order chi connectivity index (χ1) is 9.38. The molecule has 0 amide bonds. The summed E-state index contributed by atoms with van der Waals surface area (Å²) in [6, 6.07) is 0. The van der Waals surface area contributed by atoms with Crippen molar-refractivity contribution >= 4 is 0 Å². The molecule has 1 heterocycles. The molecule has 1 rings (SSSR count). The molecule has 110 valence electrons. The van der Waals surface area contributed by atoms with Crippen LogP contribution in [0.4, 0.5) is 0 Å². The minimum Gasteiger partial charge on any atom is -0.248 e. The summed E-state index contributed by atoms with van der Waals surface area (Å²) >= 11 is 0. The van der Waals surface area contributed by atoms with E-state index < -0.39 is 0 Å². The van der Waals surface area contributed by atoms with Crippen molar-refractivity contribution in [2.24, 2.45) is 0 Å². The Hall–Kier alpha value is -0.790. The second-order valence-electron chi connectivity index (χ2n) is 5.64. The minimum absolute atomic E-state index is 1.10. The topological polar surface area (TPSA) is 19.7 Å². The van der Waals surface area contributed by atoms with Gasteiger partial charge in [-0.05, 0) is 12.8 Å². The maximum atomic E-state index is 3.30. The fraction of sp³-hybridized carbons (Fsp3) is 0.824. The summed E-state index contributed by atoms with van der Waals surface area (Å²) < 4.78 is 2.37. The third-order valence-electron chi connectivity index (χ3n) is 3.94. The Kier molecular flexibility index (Phi) is 9.48. The Bertz CT molecular complexity index is 304. The lowest BCUT2D eigenvalue weighted by Gasteiger charge is -2.02. The van der Waals surface area contributed by atoms with Crippen LogP contribution in [0.1, 0.15) is 83.9 Å². The number of aromatic amines is 1. The monoisotopic (exact) mass is 265 g/mol. The fourth-order valence-electron chi connectivity index (χ4n) is 2.68. The third kappa shape index (κ3) is 7.39. The van der Waals surface area contributed by atoms with Gasteiger partial charge in [-0.1, -0.05) is 65.2 Å². The molecule has 0 saturated heterocycles. The molecule has 0 bridgehead atoms. The Balaban J connectivity index is 1.89. The molecule has 0 unspecified atom stereocenters. The zero-order valence-electron chi connectivity index (χ0n) is 13.1. The van der Waals surface area contributed by atoms with Crippen LogP contribution in [-0.2, 0) is 13.0 Å². The minimum atomic E-state index is 1.10. The summed E-state index contributed by atoms with van der Waals surface area (Å²) in [7, 11) is 0. The van der Waals surface area contributed by atoms with E-state index >= 15 is 0 Å². The molecule has 0 aliphatic rings. The van der Waals surface area contributed by atoms with E-state index in [0.717, 1.165) is 6.42 Å². The third-order valence-corrected chi connectivity index (χ3v) is 3.94. The second-order valence-corrected chi connectivity index (χ2v) is 5.64. The summed E-state index contributed by atoms with van der Waals surface area (Å²) in [6.07, 6.45) is 19.5. The van der Waals surface area contributed by atoms with Gasteiger partial charge in [0.15, 0.2) is 0 Å². The van der Waals surface area contributed by atoms with Crippen LogP contribution in [0, 0.1) is 0 Å². The smallest absolute Gasteiger partial charge is 0.248 e. The first-order valence-electron chi connectivity index (χ1n) is 8.44.